The van der Waals surface area contributed by atoms with E-state index in [0.717, 1.165) is 31.6 Å². The number of carbonyl (C=O) groups excluding carboxylic acids is 1. The Kier molecular flexibility index (Phi) is 7.25. The molecule has 2 aliphatic rings. The van der Waals surface area contributed by atoms with Crippen LogP contribution in [0.25, 0.3) is 6.08 Å². The van der Waals surface area contributed by atoms with Gasteiger partial charge in [0, 0.05) is 38.3 Å². The van der Waals surface area contributed by atoms with Gasteiger partial charge < -0.3 is 15.0 Å². The maximum absolute atomic E-state index is 13.1. The fourth-order valence-corrected chi connectivity index (χ4v) is 5.51. The molecule has 0 aliphatic carbocycles. The molecule has 0 atom stereocenters. The maximum atomic E-state index is 13.1. The number of amides is 1. The SMILES string of the molecule is O=C(/C=C/c1ccccc1[N+](=O)[O-])Nc1cc(S(=O)(=O)N2CCOCC2)ccc1N1CCCC1. The Morgan fingerprint density at radius 1 is 1.06 bits per heavy atom. The summed E-state index contributed by atoms with van der Waals surface area (Å²) in [6.07, 6.45) is 4.61. The van der Waals surface area contributed by atoms with Crippen molar-refractivity contribution in [2.45, 2.75) is 17.7 Å². The summed E-state index contributed by atoms with van der Waals surface area (Å²) in [5, 5.41) is 14.0. The Bertz CT molecular complexity index is 1200. The summed E-state index contributed by atoms with van der Waals surface area (Å²) in [5.41, 5.74) is 1.31. The van der Waals surface area contributed by atoms with E-state index >= 15 is 0 Å². The van der Waals surface area contributed by atoms with E-state index in [4.69, 9.17) is 4.74 Å². The molecule has 10 nitrogen and oxygen atoms in total. The molecule has 2 aromatic rings. The van der Waals surface area contributed by atoms with Gasteiger partial charge in [-0.05, 0) is 43.2 Å². The molecule has 2 aliphatic heterocycles. The van der Waals surface area contributed by atoms with Crippen molar-refractivity contribution in [1.82, 2.24) is 4.31 Å². The third-order valence-corrected chi connectivity index (χ3v) is 7.72. The van der Waals surface area contributed by atoms with Crippen LogP contribution in [0.1, 0.15) is 18.4 Å². The second-order valence-electron chi connectivity index (χ2n) is 8.03. The third-order valence-electron chi connectivity index (χ3n) is 5.83. The average Bonchev–Trinajstić information content (AvgIpc) is 3.38. The molecule has 2 fully saturated rings. The molecule has 0 aromatic heterocycles. The molecule has 0 radical (unpaired) electrons. The number of ether oxygens (including phenoxy) is 1. The molecule has 0 bridgehead atoms. The minimum Gasteiger partial charge on any atom is -0.379 e. The molecule has 4 rings (SSSR count). The van der Waals surface area contributed by atoms with Crippen molar-refractivity contribution in [3.8, 4) is 0 Å². The summed E-state index contributed by atoms with van der Waals surface area (Å²) in [4.78, 5) is 25.6. The van der Waals surface area contributed by atoms with Crippen LogP contribution >= 0.6 is 0 Å². The number of rotatable bonds is 7. The number of benzene rings is 2. The van der Waals surface area contributed by atoms with E-state index in [0.29, 0.717) is 24.5 Å². The van der Waals surface area contributed by atoms with Crippen LogP contribution in [-0.4, -0.2) is 62.9 Å². The van der Waals surface area contributed by atoms with Crippen LogP contribution in [-0.2, 0) is 19.6 Å². The van der Waals surface area contributed by atoms with E-state index < -0.39 is 20.9 Å². The zero-order valence-electron chi connectivity index (χ0n) is 18.6. The van der Waals surface area contributed by atoms with Gasteiger partial charge in [0.05, 0.1) is 40.0 Å². The van der Waals surface area contributed by atoms with Crippen molar-refractivity contribution in [2.75, 3.05) is 49.6 Å². The van der Waals surface area contributed by atoms with Gasteiger partial charge in [-0.25, -0.2) is 8.42 Å². The van der Waals surface area contributed by atoms with Gasteiger partial charge in [-0.2, -0.15) is 4.31 Å². The Balaban J connectivity index is 1.61. The summed E-state index contributed by atoms with van der Waals surface area (Å²) in [7, 11) is -3.74. The van der Waals surface area contributed by atoms with Gasteiger partial charge in [0.1, 0.15) is 0 Å². The number of para-hydroxylation sites is 1. The lowest BCUT2D eigenvalue weighted by Crippen LogP contribution is -2.40. The number of nitro benzene ring substituents is 1. The number of morpholine rings is 1. The van der Waals surface area contributed by atoms with Crippen LogP contribution in [0, 0.1) is 10.1 Å². The van der Waals surface area contributed by atoms with E-state index in [1.54, 1.807) is 30.3 Å². The Morgan fingerprint density at radius 2 is 1.76 bits per heavy atom. The topological polar surface area (TPSA) is 122 Å². The molecular weight excluding hydrogens is 460 g/mol. The van der Waals surface area contributed by atoms with Crippen molar-refractivity contribution in [3.05, 3.63) is 64.2 Å². The van der Waals surface area contributed by atoms with Gasteiger partial charge in [-0.15, -0.1) is 0 Å². The highest BCUT2D eigenvalue weighted by Crippen LogP contribution is 2.32. The minimum atomic E-state index is -3.74. The largest absolute Gasteiger partial charge is 0.379 e. The van der Waals surface area contributed by atoms with Crippen LogP contribution in [0.5, 0.6) is 0 Å². The monoisotopic (exact) mass is 486 g/mol. The smallest absolute Gasteiger partial charge is 0.276 e. The van der Waals surface area contributed by atoms with Crippen LogP contribution in [0.15, 0.2) is 53.4 Å². The molecule has 0 spiro atoms. The molecule has 180 valence electrons. The summed E-state index contributed by atoms with van der Waals surface area (Å²) >= 11 is 0. The molecule has 2 heterocycles. The number of nitro groups is 1. The number of carbonyl (C=O) groups is 1. The molecule has 1 amide bonds. The number of nitrogens with zero attached hydrogens (tertiary/aromatic N) is 3. The van der Waals surface area contributed by atoms with E-state index in [1.807, 2.05) is 0 Å². The zero-order valence-corrected chi connectivity index (χ0v) is 19.4. The second-order valence-corrected chi connectivity index (χ2v) is 9.97. The first-order valence-electron chi connectivity index (χ1n) is 11.1. The van der Waals surface area contributed by atoms with Crippen molar-refractivity contribution in [3.63, 3.8) is 0 Å². The summed E-state index contributed by atoms with van der Waals surface area (Å²) < 4.78 is 32.9. The lowest BCUT2D eigenvalue weighted by molar-refractivity contribution is -0.385. The molecule has 0 saturated carbocycles. The minimum absolute atomic E-state index is 0.0929. The lowest BCUT2D eigenvalue weighted by atomic mass is 10.1. The first-order chi connectivity index (χ1) is 16.4. The second kappa shape index (κ2) is 10.3. The van der Waals surface area contributed by atoms with Gasteiger partial charge in [-0.3, -0.25) is 14.9 Å². The Labute approximate surface area is 198 Å². The van der Waals surface area contributed by atoms with Gasteiger partial charge in [0.15, 0.2) is 0 Å². The molecule has 1 N–H and O–H groups in total. The van der Waals surface area contributed by atoms with E-state index in [1.165, 1.54) is 28.6 Å². The highest BCUT2D eigenvalue weighted by atomic mass is 32.2. The van der Waals surface area contributed by atoms with Crippen LogP contribution in [0.3, 0.4) is 0 Å². The van der Waals surface area contributed by atoms with E-state index in [-0.39, 0.29) is 23.7 Å². The van der Waals surface area contributed by atoms with Crippen molar-refractivity contribution < 1.29 is 22.9 Å². The predicted molar refractivity (Wildman–Crippen MR) is 128 cm³/mol. The van der Waals surface area contributed by atoms with Crippen LogP contribution in [0.4, 0.5) is 17.1 Å². The quantitative estimate of drug-likeness (QED) is 0.363. The van der Waals surface area contributed by atoms with Gasteiger partial charge in [0.2, 0.25) is 15.9 Å². The van der Waals surface area contributed by atoms with Crippen molar-refractivity contribution in [1.29, 1.82) is 0 Å². The third kappa shape index (κ3) is 5.27. The number of nitrogens with one attached hydrogen (secondary N) is 1. The van der Waals surface area contributed by atoms with Crippen molar-refractivity contribution >= 4 is 39.1 Å². The Morgan fingerprint density at radius 3 is 2.47 bits per heavy atom. The highest BCUT2D eigenvalue weighted by molar-refractivity contribution is 7.89. The van der Waals surface area contributed by atoms with E-state index in [2.05, 4.69) is 10.2 Å². The standard InChI is InChI=1S/C23H26N4O6S/c28-23(10-7-18-5-1-2-6-21(18)27(29)30)24-20-17-19(8-9-22(20)25-11-3-4-12-25)34(31,32)26-13-15-33-16-14-26/h1-2,5-10,17H,3-4,11-16H2,(H,24,28)/b10-7+. The molecule has 11 heteroatoms. The van der Waals surface area contributed by atoms with Crippen molar-refractivity contribution in [2.24, 2.45) is 0 Å². The number of hydrogen-bond acceptors (Lipinski definition) is 7. The van der Waals surface area contributed by atoms with E-state index in [9.17, 15) is 23.3 Å². The zero-order chi connectivity index (χ0) is 24.1. The molecule has 2 saturated heterocycles. The molecule has 2 aromatic carbocycles. The lowest BCUT2D eigenvalue weighted by Gasteiger charge is -2.27. The average molecular weight is 487 g/mol. The van der Waals surface area contributed by atoms with Crippen LogP contribution < -0.4 is 10.2 Å². The summed E-state index contributed by atoms with van der Waals surface area (Å²) in [6, 6.07) is 10.9. The molecule has 0 unspecified atom stereocenters. The van der Waals surface area contributed by atoms with Gasteiger partial charge >= 0.3 is 0 Å². The normalized spacial score (nSPS) is 17.2. The highest BCUT2D eigenvalue weighted by Gasteiger charge is 2.28. The fourth-order valence-electron chi connectivity index (χ4n) is 4.08. The predicted octanol–water partition coefficient (Wildman–Crippen LogP) is 2.87. The summed E-state index contributed by atoms with van der Waals surface area (Å²) in [6.45, 7) is 2.85. The number of sulfonamides is 1. The first kappa shape index (κ1) is 23.9. The summed E-state index contributed by atoms with van der Waals surface area (Å²) in [5.74, 6) is -0.514. The Hall–Kier alpha value is -3.28. The number of anilines is 2. The molecular formula is C23H26N4O6S. The number of hydrogen-bond donors (Lipinski definition) is 1. The first-order valence-corrected chi connectivity index (χ1v) is 12.5. The fraction of sp³-hybridized carbons (Fsp3) is 0.348. The maximum Gasteiger partial charge on any atom is 0.276 e. The molecule has 34 heavy (non-hydrogen) atoms. The van der Waals surface area contributed by atoms with Crippen LogP contribution in [0.2, 0.25) is 0 Å². The van der Waals surface area contributed by atoms with Gasteiger partial charge in [0.25, 0.3) is 5.69 Å². The van der Waals surface area contributed by atoms with Gasteiger partial charge in [-0.1, -0.05) is 12.1 Å².